The molecule has 1 heterocycles. The Morgan fingerprint density at radius 1 is 1.15 bits per heavy atom. The smallest absolute Gasteiger partial charge is 0.251 e. The summed E-state index contributed by atoms with van der Waals surface area (Å²) in [6.07, 6.45) is 10.5. The molecule has 5 nitrogen and oxygen atoms in total. The molecule has 0 saturated heterocycles. The van der Waals surface area contributed by atoms with E-state index in [1.807, 2.05) is 24.3 Å². The molecule has 26 heavy (non-hydrogen) atoms. The van der Waals surface area contributed by atoms with Gasteiger partial charge in [-0.25, -0.2) is 4.98 Å². The molecular weight excluding hydrogens is 324 g/mol. The van der Waals surface area contributed by atoms with Gasteiger partial charge in [-0.3, -0.25) is 4.79 Å². The molecule has 1 aliphatic rings. The lowest BCUT2D eigenvalue weighted by molar-refractivity contribution is 0.0887. The lowest BCUT2D eigenvalue weighted by Crippen LogP contribution is -2.58. The number of carbonyl (C=O) groups is 1. The zero-order valence-corrected chi connectivity index (χ0v) is 15.8. The fourth-order valence-corrected chi connectivity index (χ4v) is 3.64. The second-order valence-corrected chi connectivity index (χ2v) is 7.22. The summed E-state index contributed by atoms with van der Waals surface area (Å²) < 4.78 is 0. The van der Waals surface area contributed by atoms with E-state index in [0.29, 0.717) is 17.6 Å². The van der Waals surface area contributed by atoms with Crippen LogP contribution in [0.3, 0.4) is 0 Å². The summed E-state index contributed by atoms with van der Waals surface area (Å²) in [5, 5.41) is 6.96. The summed E-state index contributed by atoms with van der Waals surface area (Å²) in [4.78, 5) is 19.9. The maximum absolute atomic E-state index is 12.6. The molecule has 0 bridgehead atoms. The molecule has 0 radical (unpaired) electrons. The van der Waals surface area contributed by atoms with Gasteiger partial charge in [-0.05, 0) is 37.8 Å². The molecule has 1 saturated carbocycles. The molecule has 3 N–H and O–H groups in total. The van der Waals surface area contributed by atoms with Gasteiger partial charge < -0.3 is 15.6 Å². The molecule has 1 aromatic carbocycles. The van der Waals surface area contributed by atoms with Crippen LogP contribution >= 0.6 is 0 Å². The lowest BCUT2D eigenvalue weighted by Gasteiger charge is -2.40. The molecule has 2 atom stereocenters. The van der Waals surface area contributed by atoms with Crippen LogP contribution in [0.15, 0.2) is 36.7 Å². The van der Waals surface area contributed by atoms with E-state index in [0.717, 1.165) is 24.2 Å². The highest BCUT2D eigenvalue weighted by atomic mass is 16.1. The molecule has 0 aliphatic heterocycles. The van der Waals surface area contributed by atoms with Crippen molar-refractivity contribution in [1.82, 2.24) is 20.6 Å². The second-order valence-electron chi connectivity index (χ2n) is 7.22. The van der Waals surface area contributed by atoms with Crippen LogP contribution in [0.25, 0.3) is 11.4 Å². The second kappa shape index (κ2) is 8.99. The van der Waals surface area contributed by atoms with Gasteiger partial charge in [0.25, 0.3) is 5.91 Å². The highest BCUT2D eigenvalue weighted by Gasteiger charge is 2.33. The Bertz CT molecular complexity index is 675. The van der Waals surface area contributed by atoms with Gasteiger partial charge in [0.1, 0.15) is 5.82 Å². The Balaban J connectivity index is 1.54. The summed E-state index contributed by atoms with van der Waals surface area (Å²) in [6, 6.07) is 8.82. The van der Waals surface area contributed by atoms with Gasteiger partial charge in [0.05, 0.1) is 0 Å². The minimum absolute atomic E-state index is 0.00929. The molecule has 0 unspecified atom stereocenters. The van der Waals surface area contributed by atoms with Crippen LogP contribution in [-0.2, 0) is 0 Å². The summed E-state index contributed by atoms with van der Waals surface area (Å²) in [6.45, 7) is 4.47. The largest absolute Gasteiger partial charge is 0.348 e. The van der Waals surface area contributed by atoms with Crippen molar-refractivity contribution in [3.05, 3.63) is 42.2 Å². The van der Waals surface area contributed by atoms with Crippen molar-refractivity contribution in [3.8, 4) is 11.4 Å². The Hall–Kier alpha value is -2.14. The first-order chi connectivity index (χ1) is 12.7. The van der Waals surface area contributed by atoms with Gasteiger partial charge in [0.15, 0.2) is 0 Å². The molecule has 1 aromatic heterocycles. The Kier molecular flexibility index (Phi) is 6.45. The SMILES string of the molecule is CCCC(CCC)N[C@@H]1CC[C@@H]1NC(=O)c1ccc(-c2ncc[nH]2)cc1. The van der Waals surface area contributed by atoms with Crippen LogP contribution in [0.4, 0.5) is 0 Å². The molecule has 1 amide bonds. The standard InChI is InChI=1S/C21H30N4O/c1-3-5-17(6-4-2)24-18-11-12-19(18)25-21(26)16-9-7-15(8-10-16)20-22-13-14-23-20/h7-10,13-14,17-19,24H,3-6,11-12H2,1-2H3,(H,22,23)(H,25,26)/t18-,19+/m1/s1. The third-order valence-electron chi connectivity index (χ3n) is 5.23. The number of hydrogen-bond donors (Lipinski definition) is 3. The molecule has 3 rings (SSSR count). The average molecular weight is 354 g/mol. The van der Waals surface area contributed by atoms with Crippen LogP contribution < -0.4 is 10.6 Å². The first kappa shape index (κ1) is 18.6. The highest BCUT2D eigenvalue weighted by molar-refractivity contribution is 5.94. The van der Waals surface area contributed by atoms with E-state index in [2.05, 4.69) is 34.4 Å². The van der Waals surface area contributed by atoms with Crippen molar-refractivity contribution in [3.63, 3.8) is 0 Å². The zero-order valence-electron chi connectivity index (χ0n) is 15.8. The fraction of sp³-hybridized carbons (Fsp3) is 0.524. The molecule has 1 fully saturated rings. The lowest BCUT2D eigenvalue weighted by atomic mass is 9.85. The number of benzene rings is 1. The van der Waals surface area contributed by atoms with Crippen molar-refractivity contribution >= 4 is 5.91 Å². The van der Waals surface area contributed by atoms with E-state index >= 15 is 0 Å². The number of H-pyrrole nitrogens is 1. The number of imidazole rings is 1. The molecule has 0 spiro atoms. The Morgan fingerprint density at radius 2 is 1.85 bits per heavy atom. The summed E-state index contributed by atoms with van der Waals surface area (Å²) >= 11 is 0. The number of hydrogen-bond acceptors (Lipinski definition) is 3. The number of nitrogens with one attached hydrogen (secondary N) is 3. The van der Waals surface area contributed by atoms with Crippen molar-refractivity contribution in [1.29, 1.82) is 0 Å². The predicted octanol–water partition coefficient (Wildman–Crippen LogP) is 3.90. The van der Waals surface area contributed by atoms with Crippen molar-refractivity contribution < 1.29 is 4.79 Å². The highest BCUT2D eigenvalue weighted by Crippen LogP contribution is 2.23. The first-order valence-corrected chi connectivity index (χ1v) is 9.88. The van der Waals surface area contributed by atoms with E-state index in [1.165, 1.54) is 25.7 Å². The number of amides is 1. The molecule has 1 aliphatic carbocycles. The van der Waals surface area contributed by atoms with E-state index in [9.17, 15) is 4.79 Å². The Morgan fingerprint density at radius 3 is 2.38 bits per heavy atom. The van der Waals surface area contributed by atoms with E-state index < -0.39 is 0 Å². The van der Waals surface area contributed by atoms with Crippen LogP contribution in [0, 0.1) is 0 Å². The van der Waals surface area contributed by atoms with Crippen molar-refractivity contribution in [2.75, 3.05) is 0 Å². The van der Waals surface area contributed by atoms with Gasteiger partial charge in [-0.1, -0.05) is 38.8 Å². The third-order valence-corrected chi connectivity index (χ3v) is 5.23. The van der Waals surface area contributed by atoms with Gasteiger partial charge in [-0.2, -0.15) is 0 Å². The van der Waals surface area contributed by atoms with E-state index in [4.69, 9.17) is 0 Å². The van der Waals surface area contributed by atoms with Gasteiger partial charge in [0.2, 0.25) is 0 Å². The number of aromatic nitrogens is 2. The van der Waals surface area contributed by atoms with Crippen molar-refractivity contribution in [2.45, 2.75) is 70.5 Å². The monoisotopic (exact) mass is 354 g/mol. The summed E-state index contributed by atoms with van der Waals surface area (Å²) in [5.41, 5.74) is 1.68. The van der Waals surface area contributed by atoms with Gasteiger partial charge in [-0.15, -0.1) is 0 Å². The predicted molar refractivity (Wildman–Crippen MR) is 105 cm³/mol. The molecule has 140 valence electrons. The molecule has 2 aromatic rings. The molecule has 5 heteroatoms. The van der Waals surface area contributed by atoms with Gasteiger partial charge in [0, 0.05) is 41.6 Å². The van der Waals surface area contributed by atoms with Crippen LogP contribution in [0.2, 0.25) is 0 Å². The fourth-order valence-electron chi connectivity index (χ4n) is 3.64. The maximum Gasteiger partial charge on any atom is 0.251 e. The Labute approximate surface area is 156 Å². The minimum Gasteiger partial charge on any atom is -0.348 e. The normalized spacial score (nSPS) is 19.3. The van der Waals surface area contributed by atoms with Crippen molar-refractivity contribution in [2.24, 2.45) is 0 Å². The van der Waals surface area contributed by atoms with E-state index in [1.54, 1.807) is 12.4 Å². The van der Waals surface area contributed by atoms with E-state index in [-0.39, 0.29) is 11.9 Å². The van der Waals surface area contributed by atoms with Gasteiger partial charge >= 0.3 is 0 Å². The third kappa shape index (κ3) is 4.52. The quantitative estimate of drug-likeness (QED) is 0.640. The molecular formula is C21H30N4O. The maximum atomic E-state index is 12.6. The summed E-state index contributed by atoms with van der Waals surface area (Å²) in [7, 11) is 0. The topological polar surface area (TPSA) is 69.8 Å². The minimum atomic E-state index is 0.00929. The average Bonchev–Trinajstić information content (AvgIpc) is 3.18. The number of rotatable bonds is 9. The number of carbonyl (C=O) groups excluding carboxylic acids is 1. The zero-order chi connectivity index (χ0) is 18.4. The number of nitrogens with zero attached hydrogens (tertiary/aromatic N) is 1. The summed E-state index contributed by atoms with van der Waals surface area (Å²) in [5.74, 6) is 0.827. The first-order valence-electron chi connectivity index (χ1n) is 9.88. The van der Waals surface area contributed by atoms with Crippen LogP contribution in [-0.4, -0.2) is 34.0 Å². The number of aromatic amines is 1. The van der Waals surface area contributed by atoms with Crippen LogP contribution in [0.5, 0.6) is 0 Å². The van der Waals surface area contributed by atoms with Crippen LogP contribution in [0.1, 0.15) is 62.7 Å².